The van der Waals surface area contributed by atoms with Crippen LogP contribution in [0.4, 0.5) is 0 Å². The highest BCUT2D eigenvalue weighted by Crippen LogP contribution is 2.25. The van der Waals surface area contributed by atoms with Gasteiger partial charge in [0.2, 0.25) is 0 Å². The molecule has 2 rings (SSSR count). The zero-order chi connectivity index (χ0) is 14.2. The number of rotatable bonds is 8. The van der Waals surface area contributed by atoms with Crippen molar-refractivity contribution in [3.63, 3.8) is 0 Å². The van der Waals surface area contributed by atoms with Crippen molar-refractivity contribution >= 4 is 0 Å². The molecule has 1 aliphatic heterocycles. The maximum absolute atomic E-state index is 5.58. The van der Waals surface area contributed by atoms with Crippen molar-refractivity contribution in [2.75, 3.05) is 26.4 Å². The maximum Gasteiger partial charge on any atom is 0.159 e. The summed E-state index contributed by atoms with van der Waals surface area (Å²) in [6, 6.07) is 8.50. The van der Waals surface area contributed by atoms with Crippen molar-refractivity contribution in [2.45, 2.75) is 39.0 Å². The first-order valence-corrected chi connectivity index (χ1v) is 7.52. The predicted molar refractivity (Wildman–Crippen MR) is 79.0 cm³/mol. The van der Waals surface area contributed by atoms with E-state index in [1.807, 2.05) is 19.1 Å². The molecule has 1 atom stereocenters. The molecule has 4 nitrogen and oxygen atoms in total. The zero-order valence-electron chi connectivity index (χ0n) is 12.4. The molecule has 20 heavy (non-hydrogen) atoms. The smallest absolute Gasteiger partial charge is 0.159 e. The molecule has 1 fully saturated rings. The Bertz CT molecular complexity index is 391. The Morgan fingerprint density at radius 3 is 2.80 bits per heavy atom. The molecular formula is C16H25NO3. The molecule has 112 valence electrons. The van der Waals surface area contributed by atoms with Crippen LogP contribution < -0.4 is 10.1 Å². The van der Waals surface area contributed by atoms with E-state index in [4.69, 9.17) is 14.2 Å². The normalized spacial score (nSPS) is 17.3. The van der Waals surface area contributed by atoms with E-state index < -0.39 is 0 Å². The molecule has 0 radical (unpaired) electrons. The minimum absolute atomic E-state index is 0.0971. The molecule has 4 heteroatoms. The van der Waals surface area contributed by atoms with Crippen LogP contribution in [0.2, 0.25) is 0 Å². The quantitative estimate of drug-likeness (QED) is 0.794. The van der Waals surface area contributed by atoms with Gasteiger partial charge >= 0.3 is 0 Å². The summed E-state index contributed by atoms with van der Waals surface area (Å²) >= 11 is 0. The van der Waals surface area contributed by atoms with E-state index in [0.29, 0.717) is 19.8 Å². The Morgan fingerprint density at radius 2 is 2.10 bits per heavy atom. The highest BCUT2D eigenvalue weighted by Gasteiger charge is 2.22. The lowest BCUT2D eigenvalue weighted by molar-refractivity contribution is -0.0530. The molecular weight excluding hydrogens is 254 g/mol. The fraction of sp³-hybridized carbons (Fsp3) is 0.625. The second-order valence-electron chi connectivity index (χ2n) is 4.92. The van der Waals surface area contributed by atoms with E-state index in [2.05, 4.69) is 24.4 Å². The van der Waals surface area contributed by atoms with Crippen molar-refractivity contribution in [2.24, 2.45) is 0 Å². The lowest BCUT2D eigenvalue weighted by Crippen LogP contribution is -2.26. The van der Waals surface area contributed by atoms with E-state index in [1.165, 1.54) is 5.56 Å². The van der Waals surface area contributed by atoms with E-state index in [1.54, 1.807) is 0 Å². The summed E-state index contributed by atoms with van der Waals surface area (Å²) in [5, 5.41) is 3.57. The highest BCUT2D eigenvalue weighted by molar-refractivity contribution is 5.30. The molecule has 1 heterocycles. The highest BCUT2D eigenvalue weighted by atomic mass is 16.7. The van der Waals surface area contributed by atoms with Crippen LogP contribution in [0.5, 0.6) is 5.75 Å². The second kappa shape index (κ2) is 8.25. The third-order valence-corrected chi connectivity index (χ3v) is 3.33. The van der Waals surface area contributed by atoms with Gasteiger partial charge in [0.25, 0.3) is 0 Å². The second-order valence-corrected chi connectivity index (χ2v) is 4.92. The number of benzene rings is 1. The van der Waals surface area contributed by atoms with Crippen molar-refractivity contribution < 1.29 is 14.2 Å². The van der Waals surface area contributed by atoms with Crippen LogP contribution in [0.25, 0.3) is 0 Å². The third-order valence-electron chi connectivity index (χ3n) is 3.33. The summed E-state index contributed by atoms with van der Waals surface area (Å²) in [6.45, 7) is 7.23. The van der Waals surface area contributed by atoms with Crippen molar-refractivity contribution in [3.05, 3.63) is 29.8 Å². The molecule has 1 aliphatic rings. The van der Waals surface area contributed by atoms with E-state index in [0.717, 1.165) is 25.1 Å². The Hall–Kier alpha value is -1.10. The molecule has 1 N–H and O–H groups in total. The third kappa shape index (κ3) is 4.47. The van der Waals surface area contributed by atoms with Crippen molar-refractivity contribution in [1.29, 1.82) is 0 Å². The SMILES string of the molecule is CCCNC(CC1OCCO1)c1cccc(OCC)c1. The number of hydrogen-bond donors (Lipinski definition) is 1. The number of ether oxygens (including phenoxy) is 3. The Labute approximate surface area is 121 Å². The molecule has 0 bridgehead atoms. The van der Waals surface area contributed by atoms with Gasteiger partial charge in [-0.25, -0.2) is 0 Å². The van der Waals surface area contributed by atoms with Crippen LogP contribution in [0.15, 0.2) is 24.3 Å². The molecule has 1 saturated heterocycles. The monoisotopic (exact) mass is 279 g/mol. The van der Waals surface area contributed by atoms with Crippen LogP contribution in [0.3, 0.4) is 0 Å². The van der Waals surface area contributed by atoms with Gasteiger partial charge in [-0.15, -0.1) is 0 Å². The van der Waals surface area contributed by atoms with Gasteiger partial charge < -0.3 is 19.5 Å². The summed E-state index contributed by atoms with van der Waals surface area (Å²) in [7, 11) is 0. The molecule has 0 spiro atoms. The molecule has 1 aromatic carbocycles. The molecule has 0 aromatic heterocycles. The average Bonchev–Trinajstić information content (AvgIpc) is 2.97. The maximum atomic E-state index is 5.58. The van der Waals surface area contributed by atoms with Crippen LogP contribution in [0, 0.1) is 0 Å². The topological polar surface area (TPSA) is 39.7 Å². The van der Waals surface area contributed by atoms with Gasteiger partial charge in [-0.2, -0.15) is 0 Å². The molecule has 1 aromatic rings. The molecule has 0 saturated carbocycles. The average molecular weight is 279 g/mol. The molecule has 0 aliphatic carbocycles. The van der Waals surface area contributed by atoms with Crippen molar-refractivity contribution in [3.8, 4) is 5.75 Å². The minimum Gasteiger partial charge on any atom is -0.494 e. The largest absolute Gasteiger partial charge is 0.494 e. The van der Waals surface area contributed by atoms with Gasteiger partial charge in [0, 0.05) is 12.5 Å². The van der Waals surface area contributed by atoms with E-state index in [9.17, 15) is 0 Å². The van der Waals surface area contributed by atoms with Gasteiger partial charge in [-0.3, -0.25) is 0 Å². The Morgan fingerprint density at radius 1 is 1.30 bits per heavy atom. The fourth-order valence-electron chi connectivity index (χ4n) is 2.38. The van der Waals surface area contributed by atoms with Gasteiger partial charge in [-0.1, -0.05) is 19.1 Å². The van der Waals surface area contributed by atoms with Gasteiger partial charge in [-0.05, 0) is 37.6 Å². The summed E-state index contributed by atoms with van der Waals surface area (Å²) in [5.41, 5.74) is 1.23. The predicted octanol–water partition coefficient (Wildman–Crippen LogP) is 2.89. The van der Waals surface area contributed by atoms with Crippen LogP contribution in [-0.4, -0.2) is 32.7 Å². The van der Waals surface area contributed by atoms with Crippen LogP contribution in [0.1, 0.15) is 38.3 Å². The Kier molecular flexibility index (Phi) is 6.30. The zero-order valence-corrected chi connectivity index (χ0v) is 12.4. The first-order chi connectivity index (χ1) is 9.83. The summed E-state index contributed by atoms with van der Waals surface area (Å²) in [6.07, 6.45) is 1.84. The van der Waals surface area contributed by atoms with Gasteiger partial charge in [0.05, 0.1) is 19.8 Å². The van der Waals surface area contributed by atoms with Gasteiger partial charge in [0.15, 0.2) is 6.29 Å². The minimum atomic E-state index is -0.0971. The lowest BCUT2D eigenvalue weighted by Gasteiger charge is -2.22. The first kappa shape index (κ1) is 15.3. The van der Waals surface area contributed by atoms with Crippen LogP contribution >= 0.6 is 0 Å². The van der Waals surface area contributed by atoms with Crippen molar-refractivity contribution in [1.82, 2.24) is 5.32 Å². The number of nitrogens with one attached hydrogen (secondary N) is 1. The van der Waals surface area contributed by atoms with E-state index >= 15 is 0 Å². The summed E-state index contributed by atoms with van der Waals surface area (Å²) < 4.78 is 16.7. The Balaban J connectivity index is 2.05. The van der Waals surface area contributed by atoms with Crippen LogP contribution in [-0.2, 0) is 9.47 Å². The van der Waals surface area contributed by atoms with Gasteiger partial charge in [0.1, 0.15) is 5.75 Å². The molecule has 0 amide bonds. The summed E-state index contributed by atoms with van der Waals surface area (Å²) in [5.74, 6) is 0.918. The van der Waals surface area contributed by atoms with E-state index in [-0.39, 0.29) is 12.3 Å². The summed E-state index contributed by atoms with van der Waals surface area (Å²) in [4.78, 5) is 0. The molecule has 1 unspecified atom stereocenters. The first-order valence-electron chi connectivity index (χ1n) is 7.52. The standard InChI is InChI=1S/C16H25NO3/c1-3-8-17-15(12-16-19-9-10-20-16)13-6-5-7-14(11-13)18-4-2/h5-7,11,15-17H,3-4,8-10,12H2,1-2H3. The number of hydrogen-bond acceptors (Lipinski definition) is 4. The lowest BCUT2D eigenvalue weighted by atomic mass is 10.0. The fourth-order valence-corrected chi connectivity index (χ4v) is 2.38.